The number of hydrogen-bond donors (Lipinski definition) is 2. The van der Waals surface area contributed by atoms with Crippen LogP contribution >= 0.6 is 0 Å². The first-order valence-corrected chi connectivity index (χ1v) is 13.9. The normalized spacial score (nSPS) is 20.9. The van der Waals surface area contributed by atoms with Gasteiger partial charge in [-0.3, -0.25) is 9.69 Å². The monoisotopic (exact) mass is 487 g/mol. The Morgan fingerprint density at radius 2 is 1.59 bits per heavy atom. The molecular weight excluding hydrogens is 454 g/mol. The second-order valence-corrected chi connectivity index (χ2v) is 12.0. The molecule has 0 spiro atoms. The van der Waals surface area contributed by atoms with Crippen molar-refractivity contribution >= 4 is 31.8 Å². The zero-order valence-electron chi connectivity index (χ0n) is 18.6. The number of nitrogens with zero attached hydrogens (tertiary/aromatic N) is 3. The smallest absolute Gasteiger partial charge is 0.282 e. The number of hydrogen-bond acceptors (Lipinski definition) is 6. The van der Waals surface area contributed by atoms with E-state index in [9.17, 15) is 21.6 Å². The van der Waals surface area contributed by atoms with Gasteiger partial charge in [0.2, 0.25) is 15.9 Å². The van der Waals surface area contributed by atoms with Crippen molar-refractivity contribution in [3.05, 3.63) is 24.3 Å². The third-order valence-corrected chi connectivity index (χ3v) is 9.40. The Bertz CT molecular complexity index is 999. The Kier molecular flexibility index (Phi) is 7.94. The number of carbonyl (C=O) groups excluding carboxylic acids is 1. The summed E-state index contributed by atoms with van der Waals surface area (Å²) in [6.45, 7) is 3.35. The van der Waals surface area contributed by atoms with E-state index in [4.69, 9.17) is 5.14 Å². The van der Waals surface area contributed by atoms with E-state index in [0.29, 0.717) is 31.9 Å². The fourth-order valence-corrected chi connectivity index (χ4v) is 6.37. The highest BCUT2D eigenvalue weighted by Crippen LogP contribution is 2.25. The van der Waals surface area contributed by atoms with Gasteiger partial charge in [0, 0.05) is 45.0 Å². The number of nitrogens with one attached hydrogen (secondary N) is 1. The van der Waals surface area contributed by atoms with Crippen molar-refractivity contribution in [2.24, 2.45) is 5.14 Å². The van der Waals surface area contributed by atoms with Crippen LogP contribution < -0.4 is 10.5 Å². The first-order valence-electron chi connectivity index (χ1n) is 10.9. The molecule has 1 saturated carbocycles. The Morgan fingerprint density at radius 1 is 1.03 bits per heavy atom. The molecular formula is C20H33N5O5S2. The molecule has 180 valence electrons. The fraction of sp³-hybridized carbons (Fsp3) is 0.650. The molecule has 10 nitrogen and oxygen atoms in total. The molecule has 12 heteroatoms. The summed E-state index contributed by atoms with van der Waals surface area (Å²) in [5.74, 6) is -0.246. The highest BCUT2D eigenvalue weighted by molar-refractivity contribution is 7.89. The van der Waals surface area contributed by atoms with E-state index in [-0.39, 0.29) is 16.8 Å². The summed E-state index contributed by atoms with van der Waals surface area (Å²) in [6.07, 6.45) is 5.11. The average Bonchev–Trinajstić information content (AvgIpc) is 2.78. The van der Waals surface area contributed by atoms with Gasteiger partial charge >= 0.3 is 0 Å². The maximum Gasteiger partial charge on any atom is 0.282 e. The highest BCUT2D eigenvalue weighted by Gasteiger charge is 2.36. The molecule has 0 radical (unpaired) electrons. The van der Waals surface area contributed by atoms with Gasteiger partial charge < -0.3 is 5.32 Å². The molecule has 1 aliphatic carbocycles. The number of rotatable bonds is 7. The van der Waals surface area contributed by atoms with Crippen LogP contribution in [-0.2, 0) is 25.0 Å². The number of anilines is 1. The second-order valence-electron chi connectivity index (χ2n) is 8.49. The minimum absolute atomic E-state index is 0.0286. The number of carbonyl (C=O) groups is 1. The maximum atomic E-state index is 13.0. The number of piperazine rings is 1. The Balaban J connectivity index is 1.54. The fourth-order valence-electron chi connectivity index (χ4n) is 4.28. The summed E-state index contributed by atoms with van der Waals surface area (Å²) in [5.41, 5.74) is 0.463. The summed E-state index contributed by atoms with van der Waals surface area (Å²) < 4.78 is 51.8. The van der Waals surface area contributed by atoms with Crippen LogP contribution in [0.2, 0.25) is 0 Å². The summed E-state index contributed by atoms with van der Waals surface area (Å²) in [6, 6.07) is 5.24. The molecule has 1 saturated heterocycles. The van der Waals surface area contributed by atoms with Crippen molar-refractivity contribution in [3.8, 4) is 0 Å². The predicted octanol–water partition coefficient (Wildman–Crippen LogP) is 0.788. The van der Waals surface area contributed by atoms with Crippen LogP contribution in [0.3, 0.4) is 0 Å². The van der Waals surface area contributed by atoms with Gasteiger partial charge in [0.05, 0.1) is 10.9 Å². The zero-order valence-corrected chi connectivity index (χ0v) is 20.2. The molecule has 32 heavy (non-hydrogen) atoms. The Hall–Kier alpha value is -1.57. The van der Waals surface area contributed by atoms with Crippen molar-refractivity contribution < 1.29 is 21.6 Å². The van der Waals surface area contributed by atoms with Crippen molar-refractivity contribution in [1.29, 1.82) is 0 Å². The van der Waals surface area contributed by atoms with Gasteiger partial charge in [-0.25, -0.2) is 13.6 Å². The Morgan fingerprint density at radius 3 is 2.12 bits per heavy atom. The van der Waals surface area contributed by atoms with E-state index in [1.165, 1.54) is 39.3 Å². The molecule has 2 fully saturated rings. The van der Waals surface area contributed by atoms with Crippen LogP contribution in [0.15, 0.2) is 29.2 Å². The Labute approximate surface area is 191 Å². The van der Waals surface area contributed by atoms with Crippen LogP contribution in [0, 0.1) is 0 Å². The third kappa shape index (κ3) is 5.86. The van der Waals surface area contributed by atoms with Gasteiger partial charge in [-0.05, 0) is 44.0 Å². The van der Waals surface area contributed by atoms with Gasteiger partial charge in [0.1, 0.15) is 0 Å². The minimum atomic E-state index is -3.79. The molecule has 3 N–H and O–H groups in total. The van der Waals surface area contributed by atoms with Crippen LogP contribution in [0.4, 0.5) is 5.69 Å². The van der Waals surface area contributed by atoms with Crippen molar-refractivity contribution in [3.63, 3.8) is 0 Å². The van der Waals surface area contributed by atoms with Gasteiger partial charge in [-0.1, -0.05) is 19.3 Å². The number of nitrogens with two attached hydrogens (primary N) is 1. The van der Waals surface area contributed by atoms with Crippen molar-refractivity contribution in [2.45, 2.75) is 56.0 Å². The molecule has 1 aromatic rings. The third-order valence-electron chi connectivity index (χ3n) is 6.43. The molecule has 1 aliphatic heterocycles. The minimum Gasteiger partial charge on any atom is -0.325 e. The van der Waals surface area contributed by atoms with Crippen LogP contribution in [-0.4, -0.2) is 81.6 Å². The van der Waals surface area contributed by atoms with Gasteiger partial charge in [-0.2, -0.15) is 17.0 Å². The SMILES string of the molecule is CC(C(=O)Nc1ccc(S(N)(=O)=O)cc1)N1CCN(S(=O)(=O)N(C)C2CCCCC2)CC1. The first-order chi connectivity index (χ1) is 15.0. The second kappa shape index (κ2) is 10.1. The van der Waals surface area contributed by atoms with Crippen molar-refractivity contribution in [1.82, 2.24) is 13.5 Å². The maximum absolute atomic E-state index is 13.0. The highest BCUT2D eigenvalue weighted by atomic mass is 32.2. The van der Waals surface area contributed by atoms with E-state index >= 15 is 0 Å². The van der Waals surface area contributed by atoms with Crippen LogP contribution in [0.5, 0.6) is 0 Å². The van der Waals surface area contributed by atoms with E-state index in [0.717, 1.165) is 25.7 Å². The lowest BCUT2D eigenvalue weighted by Gasteiger charge is -2.40. The molecule has 0 bridgehead atoms. The van der Waals surface area contributed by atoms with E-state index in [1.54, 1.807) is 14.0 Å². The van der Waals surface area contributed by atoms with Gasteiger partial charge in [-0.15, -0.1) is 0 Å². The van der Waals surface area contributed by atoms with Gasteiger partial charge in [0.25, 0.3) is 10.2 Å². The molecule has 0 aromatic heterocycles. The quantitative estimate of drug-likeness (QED) is 0.584. The summed E-state index contributed by atoms with van der Waals surface area (Å²) in [5, 5.41) is 7.85. The lowest BCUT2D eigenvalue weighted by Crippen LogP contribution is -2.57. The standard InChI is InChI=1S/C20H33N5O5S2/c1-16(20(26)22-17-8-10-19(11-9-17)31(21,27)28)24-12-14-25(15-13-24)32(29,30)23(2)18-6-4-3-5-7-18/h8-11,16,18H,3-7,12-15H2,1-2H3,(H,22,26)(H2,21,27,28). The van der Waals surface area contributed by atoms with Gasteiger partial charge in [0.15, 0.2) is 0 Å². The van der Waals surface area contributed by atoms with E-state index < -0.39 is 26.3 Å². The molecule has 1 unspecified atom stereocenters. The van der Waals surface area contributed by atoms with Crippen molar-refractivity contribution in [2.75, 3.05) is 38.5 Å². The van der Waals surface area contributed by atoms with Crippen LogP contribution in [0.1, 0.15) is 39.0 Å². The number of primary sulfonamides is 1. The number of benzene rings is 1. The lowest BCUT2D eigenvalue weighted by molar-refractivity contribution is -0.121. The molecule has 1 aromatic carbocycles. The molecule has 3 rings (SSSR count). The molecule has 2 aliphatic rings. The molecule has 1 atom stereocenters. The average molecular weight is 488 g/mol. The van der Waals surface area contributed by atoms with Crippen LogP contribution in [0.25, 0.3) is 0 Å². The number of amides is 1. The molecule has 1 amide bonds. The summed E-state index contributed by atoms with van der Waals surface area (Å²) >= 11 is 0. The van der Waals surface area contributed by atoms with E-state index in [1.807, 2.05) is 4.90 Å². The number of sulfonamides is 1. The first kappa shape index (κ1) is 25.1. The predicted molar refractivity (Wildman–Crippen MR) is 123 cm³/mol. The topological polar surface area (TPSA) is 133 Å². The van der Waals surface area contributed by atoms with E-state index in [2.05, 4.69) is 5.32 Å². The summed E-state index contributed by atoms with van der Waals surface area (Å²) in [7, 11) is -5.63. The zero-order chi connectivity index (χ0) is 23.5. The summed E-state index contributed by atoms with van der Waals surface area (Å²) in [4.78, 5) is 14.6. The molecule has 1 heterocycles. The lowest BCUT2D eigenvalue weighted by atomic mass is 9.96. The largest absolute Gasteiger partial charge is 0.325 e.